The van der Waals surface area contributed by atoms with E-state index in [0.717, 1.165) is 12.1 Å². The van der Waals surface area contributed by atoms with Crippen molar-refractivity contribution < 1.29 is 8.78 Å². The Morgan fingerprint density at radius 3 is 2.67 bits per heavy atom. The maximum Gasteiger partial charge on any atom is 0.187 e. The molecule has 1 aromatic heterocycles. The first-order chi connectivity index (χ1) is 8.74. The molecule has 0 bridgehead atoms. The topological polar surface area (TPSA) is 67.4 Å². The van der Waals surface area contributed by atoms with Crippen LogP contribution in [0.3, 0.4) is 0 Å². The van der Waals surface area contributed by atoms with Crippen LogP contribution in [0.25, 0.3) is 11.4 Å². The third kappa shape index (κ3) is 2.32. The molecule has 2 aromatic rings. The minimum absolute atomic E-state index is 0.0311. The van der Waals surface area contributed by atoms with Crippen molar-refractivity contribution >= 4 is 0 Å². The molecule has 1 heterocycles. The maximum absolute atomic E-state index is 13.6. The highest BCUT2D eigenvalue weighted by Gasteiger charge is 2.17. The van der Waals surface area contributed by atoms with Crippen LogP contribution in [0.2, 0.25) is 0 Å². The molecule has 0 saturated heterocycles. The second kappa shape index (κ2) is 5.31. The van der Waals surface area contributed by atoms with Gasteiger partial charge in [0.25, 0.3) is 0 Å². The fourth-order valence-corrected chi connectivity index (χ4v) is 1.55. The molecule has 0 aliphatic rings. The number of tetrazole rings is 1. The van der Waals surface area contributed by atoms with Crippen molar-refractivity contribution in [2.24, 2.45) is 0 Å². The number of hydrogen-bond donors (Lipinski definition) is 0. The number of halogens is 2. The van der Waals surface area contributed by atoms with Gasteiger partial charge in [0.15, 0.2) is 5.82 Å². The standard InChI is InChI=1S/C11H9F2N5/c12-8-4-3-5-9(13)10(8)11-15-16-17-18(11)7-2-1-6-14/h3-5H,1-2,7H2. The monoisotopic (exact) mass is 249 g/mol. The SMILES string of the molecule is N#CCCCn1nnnc1-c1c(F)cccc1F. The quantitative estimate of drug-likeness (QED) is 0.776. The van der Waals surface area contributed by atoms with Crippen molar-refractivity contribution in [1.82, 2.24) is 20.2 Å². The summed E-state index contributed by atoms with van der Waals surface area (Å²) in [6.45, 7) is 0.337. The molecule has 1 aromatic carbocycles. The molecular weight excluding hydrogens is 240 g/mol. The van der Waals surface area contributed by atoms with E-state index in [1.54, 1.807) is 0 Å². The van der Waals surface area contributed by atoms with E-state index < -0.39 is 11.6 Å². The number of nitrogens with zero attached hydrogens (tertiary/aromatic N) is 5. The lowest BCUT2D eigenvalue weighted by atomic mass is 10.2. The molecule has 0 saturated carbocycles. The Hall–Kier alpha value is -2.36. The largest absolute Gasteiger partial charge is 0.225 e. The Morgan fingerprint density at radius 2 is 2.00 bits per heavy atom. The third-order valence-corrected chi connectivity index (χ3v) is 2.38. The van der Waals surface area contributed by atoms with Gasteiger partial charge in [0.2, 0.25) is 0 Å². The average Bonchev–Trinajstić information content (AvgIpc) is 2.78. The minimum Gasteiger partial charge on any atom is -0.225 e. The summed E-state index contributed by atoms with van der Waals surface area (Å²) in [6.07, 6.45) is 0.851. The lowest BCUT2D eigenvalue weighted by molar-refractivity contribution is 0.555. The van der Waals surface area contributed by atoms with E-state index in [1.807, 2.05) is 6.07 Å². The zero-order chi connectivity index (χ0) is 13.0. The fourth-order valence-electron chi connectivity index (χ4n) is 1.55. The molecule has 2 rings (SSSR count). The smallest absolute Gasteiger partial charge is 0.187 e. The number of aromatic nitrogens is 4. The van der Waals surface area contributed by atoms with Gasteiger partial charge < -0.3 is 0 Å². The zero-order valence-corrected chi connectivity index (χ0v) is 9.35. The summed E-state index contributed by atoms with van der Waals surface area (Å²) < 4.78 is 28.5. The van der Waals surface area contributed by atoms with E-state index in [9.17, 15) is 8.78 Å². The van der Waals surface area contributed by atoms with Gasteiger partial charge in [0.1, 0.15) is 11.6 Å². The van der Waals surface area contributed by atoms with Crippen molar-refractivity contribution in [2.45, 2.75) is 19.4 Å². The van der Waals surface area contributed by atoms with Gasteiger partial charge in [-0.2, -0.15) is 5.26 Å². The zero-order valence-electron chi connectivity index (χ0n) is 9.35. The molecular formula is C11H9F2N5. The Kier molecular flexibility index (Phi) is 3.57. The molecule has 0 unspecified atom stereocenters. The van der Waals surface area contributed by atoms with Crippen LogP contribution in [0.15, 0.2) is 18.2 Å². The van der Waals surface area contributed by atoms with Crippen LogP contribution in [-0.2, 0) is 6.54 Å². The summed E-state index contributed by atoms with van der Waals surface area (Å²) in [7, 11) is 0. The average molecular weight is 249 g/mol. The summed E-state index contributed by atoms with van der Waals surface area (Å²) in [5.41, 5.74) is -0.251. The van der Waals surface area contributed by atoms with Gasteiger partial charge in [-0.15, -0.1) is 5.10 Å². The van der Waals surface area contributed by atoms with E-state index in [1.165, 1.54) is 10.7 Å². The summed E-state index contributed by atoms with van der Waals surface area (Å²) in [4.78, 5) is 0. The number of aryl methyl sites for hydroxylation is 1. The summed E-state index contributed by atoms with van der Waals surface area (Å²) in [6, 6.07) is 5.55. The van der Waals surface area contributed by atoms with Crippen molar-refractivity contribution in [1.29, 1.82) is 5.26 Å². The minimum atomic E-state index is -0.716. The lowest BCUT2D eigenvalue weighted by Gasteiger charge is -2.05. The number of unbranched alkanes of at least 4 members (excludes halogenated alkanes) is 1. The molecule has 18 heavy (non-hydrogen) atoms. The molecule has 7 heteroatoms. The first kappa shape index (κ1) is 12.1. The van der Waals surface area contributed by atoms with Crippen LogP contribution in [0.5, 0.6) is 0 Å². The molecule has 0 N–H and O–H groups in total. The predicted molar refractivity (Wildman–Crippen MR) is 58.0 cm³/mol. The number of rotatable bonds is 4. The molecule has 0 fully saturated rings. The van der Waals surface area contributed by atoms with Gasteiger partial charge in [0, 0.05) is 13.0 Å². The van der Waals surface area contributed by atoms with Crippen LogP contribution in [-0.4, -0.2) is 20.2 Å². The van der Waals surface area contributed by atoms with E-state index >= 15 is 0 Å². The highest BCUT2D eigenvalue weighted by Crippen LogP contribution is 2.23. The van der Waals surface area contributed by atoms with E-state index in [2.05, 4.69) is 15.5 Å². The highest BCUT2D eigenvalue weighted by molar-refractivity contribution is 5.56. The fraction of sp³-hybridized carbons (Fsp3) is 0.273. The first-order valence-electron chi connectivity index (χ1n) is 5.31. The van der Waals surface area contributed by atoms with Crippen molar-refractivity contribution in [3.05, 3.63) is 29.8 Å². The Bertz CT molecular complexity index is 567. The number of nitriles is 1. The maximum atomic E-state index is 13.6. The third-order valence-electron chi connectivity index (χ3n) is 2.38. The normalized spacial score (nSPS) is 10.3. The first-order valence-corrected chi connectivity index (χ1v) is 5.31. The second-order valence-electron chi connectivity index (χ2n) is 3.58. The van der Waals surface area contributed by atoms with Crippen LogP contribution >= 0.6 is 0 Å². The van der Waals surface area contributed by atoms with Crippen LogP contribution in [0.4, 0.5) is 8.78 Å². The van der Waals surface area contributed by atoms with Crippen molar-refractivity contribution in [2.75, 3.05) is 0 Å². The molecule has 0 aliphatic carbocycles. The van der Waals surface area contributed by atoms with Gasteiger partial charge in [-0.3, -0.25) is 0 Å². The van der Waals surface area contributed by atoms with Gasteiger partial charge in [-0.1, -0.05) is 6.07 Å². The number of hydrogen-bond acceptors (Lipinski definition) is 4. The van der Waals surface area contributed by atoms with E-state index in [-0.39, 0.29) is 11.4 Å². The van der Waals surface area contributed by atoms with Crippen LogP contribution < -0.4 is 0 Å². The number of benzene rings is 1. The van der Waals surface area contributed by atoms with Crippen LogP contribution in [0, 0.1) is 23.0 Å². The Morgan fingerprint density at radius 1 is 1.28 bits per heavy atom. The van der Waals surface area contributed by atoms with Crippen molar-refractivity contribution in [3.8, 4) is 17.5 Å². The van der Waals surface area contributed by atoms with Crippen LogP contribution in [0.1, 0.15) is 12.8 Å². The second-order valence-corrected chi connectivity index (χ2v) is 3.58. The molecule has 0 amide bonds. The predicted octanol–water partition coefficient (Wildman–Crippen LogP) is 1.92. The molecule has 0 aliphatic heterocycles. The highest BCUT2D eigenvalue weighted by atomic mass is 19.1. The summed E-state index contributed by atoms with van der Waals surface area (Å²) in [5.74, 6) is -1.40. The van der Waals surface area contributed by atoms with Gasteiger partial charge in [-0.05, 0) is 29.0 Å². The molecule has 0 radical (unpaired) electrons. The van der Waals surface area contributed by atoms with Crippen molar-refractivity contribution in [3.63, 3.8) is 0 Å². The van der Waals surface area contributed by atoms with E-state index in [0.29, 0.717) is 19.4 Å². The molecule has 0 spiro atoms. The summed E-state index contributed by atoms with van der Waals surface area (Å²) in [5, 5.41) is 19.1. The molecule has 92 valence electrons. The Labute approximate surface area is 102 Å². The lowest BCUT2D eigenvalue weighted by Crippen LogP contribution is -2.05. The Balaban J connectivity index is 2.34. The molecule has 0 atom stereocenters. The van der Waals surface area contributed by atoms with E-state index in [4.69, 9.17) is 5.26 Å². The van der Waals surface area contributed by atoms with Gasteiger partial charge in [0.05, 0.1) is 11.6 Å². The van der Waals surface area contributed by atoms with Gasteiger partial charge >= 0.3 is 0 Å². The molecule has 5 nitrogen and oxygen atoms in total. The summed E-state index contributed by atoms with van der Waals surface area (Å²) >= 11 is 0. The van der Waals surface area contributed by atoms with Gasteiger partial charge in [-0.25, -0.2) is 13.5 Å².